The standard InChI is InChI=1S/C15H19NO3/c1-3-4-5-12-6-8-13(9-7-12)16-15(19)11(2)10-14(17)18/h6-10H,3-5H2,1-2H3,(H,16,19)(H,17,18)/b11-10-. The van der Waals surface area contributed by atoms with Crippen LogP contribution in [0.4, 0.5) is 5.69 Å². The average molecular weight is 261 g/mol. The number of amides is 1. The van der Waals surface area contributed by atoms with Crippen LogP contribution in [0.2, 0.25) is 0 Å². The predicted octanol–water partition coefficient (Wildman–Crippen LogP) is 3.00. The molecule has 4 heteroatoms. The Morgan fingerprint density at radius 1 is 1.26 bits per heavy atom. The van der Waals surface area contributed by atoms with Gasteiger partial charge >= 0.3 is 5.97 Å². The molecule has 0 radical (unpaired) electrons. The van der Waals surface area contributed by atoms with Gasteiger partial charge in [-0.3, -0.25) is 4.79 Å². The molecule has 1 rings (SSSR count). The van der Waals surface area contributed by atoms with Gasteiger partial charge in [-0.05, 0) is 37.5 Å². The Hall–Kier alpha value is -2.10. The summed E-state index contributed by atoms with van der Waals surface area (Å²) >= 11 is 0. The van der Waals surface area contributed by atoms with Gasteiger partial charge in [0.2, 0.25) is 0 Å². The van der Waals surface area contributed by atoms with E-state index in [9.17, 15) is 9.59 Å². The number of hydrogen-bond donors (Lipinski definition) is 2. The molecule has 0 heterocycles. The van der Waals surface area contributed by atoms with Gasteiger partial charge in [0.1, 0.15) is 0 Å². The highest BCUT2D eigenvalue weighted by molar-refractivity contribution is 6.06. The minimum atomic E-state index is -1.12. The van der Waals surface area contributed by atoms with Gasteiger partial charge in [0.15, 0.2) is 0 Å². The number of benzene rings is 1. The van der Waals surface area contributed by atoms with Crippen LogP contribution < -0.4 is 5.32 Å². The number of anilines is 1. The molecule has 0 spiro atoms. The van der Waals surface area contributed by atoms with Crippen molar-refractivity contribution < 1.29 is 14.7 Å². The second-order valence-electron chi connectivity index (χ2n) is 4.42. The molecule has 1 aromatic rings. The summed E-state index contributed by atoms with van der Waals surface area (Å²) in [6.07, 6.45) is 4.22. The van der Waals surface area contributed by atoms with E-state index >= 15 is 0 Å². The van der Waals surface area contributed by atoms with Crippen LogP contribution in [0, 0.1) is 0 Å². The summed E-state index contributed by atoms with van der Waals surface area (Å²) in [6, 6.07) is 7.61. The van der Waals surface area contributed by atoms with E-state index in [1.165, 1.54) is 12.5 Å². The lowest BCUT2D eigenvalue weighted by molar-refractivity contribution is -0.131. The Labute approximate surface area is 113 Å². The van der Waals surface area contributed by atoms with Crippen LogP contribution >= 0.6 is 0 Å². The van der Waals surface area contributed by atoms with Gasteiger partial charge in [0.25, 0.3) is 5.91 Å². The Morgan fingerprint density at radius 3 is 2.42 bits per heavy atom. The largest absolute Gasteiger partial charge is 0.478 e. The number of carbonyl (C=O) groups excluding carboxylic acids is 1. The first-order valence-corrected chi connectivity index (χ1v) is 6.34. The van der Waals surface area contributed by atoms with Crippen LogP contribution in [-0.4, -0.2) is 17.0 Å². The highest BCUT2D eigenvalue weighted by Crippen LogP contribution is 2.12. The topological polar surface area (TPSA) is 66.4 Å². The van der Waals surface area contributed by atoms with E-state index in [0.717, 1.165) is 25.3 Å². The third-order valence-electron chi connectivity index (χ3n) is 2.73. The molecule has 0 bridgehead atoms. The number of aliphatic carboxylic acids is 1. The first kappa shape index (κ1) is 15.0. The lowest BCUT2D eigenvalue weighted by Crippen LogP contribution is -2.13. The predicted molar refractivity (Wildman–Crippen MR) is 75.1 cm³/mol. The van der Waals surface area contributed by atoms with Crippen molar-refractivity contribution in [2.45, 2.75) is 33.1 Å². The summed E-state index contributed by atoms with van der Waals surface area (Å²) in [5.74, 6) is -1.52. The number of nitrogens with one attached hydrogen (secondary N) is 1. The molecule has 1 aromatic carbocycles. The first-order valence-electron chi connectivity index (χ1n) is 6.34. The van der Waals surface area contributed by atoms with Crippen molar-refractivity contribution in [3.05, 3.63) is 41.5 Å². The fourth-order valence-electron chi connectivity index (χ4n) is 1.62. The Balaban J connectivity index is 2.62. The molecule has 2 N–H and O–H groups in total. The molecular formula is C15H19NO3. The minimum Gasteiger partial charge on any atom is -0.478 e. The Morgan fingerprint density at radius 2 is 1.89 bits per heavy atom. The third kappa shape index (κ3) is 5.38. The average Bonchev–Trinajstić information content (AvgIpc) is 2.37. The fraction of sp³-hybridized carbons (Fsp3) is 0.333. The molecule has 1 amide bonds. The van der Waals surface area contributed by atoms with E-state index in [2.05, 4.69) is 12.2 Å². The summed E-state index contributed by atoms with van der Waals surface area (Å²) in [7, 11) is 0. The van der Waals surface area contributed by atoms with Crippen LogP contribution in [0.3, 0.4) is 0 Å². The van der Waals surface area contributed by atoms with Crippen LogP contribution in [-0.2, 0) is 16.0 Å². The monoisotopic (exact) mass is 261 g/mol. The van der Waals surface area contributed by atoms with Crippen LogP contribution in [0.1, 0.15) is 32.3 Å². The van der Waals surface area contributed by atoms with Gasteiger partial charge in [-0.25, -0.2) is 4.79 Å². The molecule has 0 aromatic heterocycles. The Bertz CT molecular complexity index is 475. The highest BCUT2D eigenvalue weighted by atomic mass is 16.4. The van der Waals surface area contributed by atoms with E-state index in [4.69, 9.17) is 5.11 Å². The maximum Gasteiger partial charge on any atom is 0.328 e. The van der Waals surface area contributed by atoms with Gasteiger partial charge in [-0.15, -0.1) is 0 Å². The molecule has 0 aliphatic carbocycles. The second kappa shape index (κ2) is 7.36. The SMILES string of the molecule is CCCCc1ccc(NC(=O)/C(C)=C\C(=O)O)cc1. The van der Waals surface area contributed by atoms with E-state index in [1.54, 1.807) is 0 Å². The zero-order valence-electron chi connectivity index (χ0n) is 11.3. The van der Waals surface area contributed by atoms with Crippen molar-refractivity contribution in [2.75, 3.05) is 5.32 Å². The van der Waals surface area contributed by atoms with Crippen molar-refractivity contribution in [1.82, 2.24) is 0 Å². The number of carboxylic acid groups (broad SMARTS) is 1. The van der Waals surface area contributed by atoms with Crippen LogP contribution in [0.5, 0.6) is 0 Å². The molecule has 0 saturated carbocycles. The molecule has 0 unspecified atom stereocenters. The minimum absolute atomic E-state index is 0.169. The maximum absolute atomic E-state index is 11.7. The Kier molecular flexibility index (Phi) is 5.79. The zero-order valence-corrected chi connectivity index (χ0v) is 11.3. The molecule has 0 saturated heterocycles. The molecule has 19 heavy (non-hydrogen) atoms. The van der Waals surface area contributed by atoms with E-state index in [0.29, 0.717) is 5.69 Å². The maximum atomic E-state index is 11.7. The number of carboxylic acids is 1. The van der Waals surface area contributed by atoms with Crippen molar-refractivity contribution in [3.8, 4) is 0 Å². The number of unbranched alkanes of at least 4 members (excludes halogenated alkanes) is 1. The molecule has 0 fully saturated rings. The van der Waals surface area contributed by atoms with Crippen LogP contribution in [0.15, 0.2) is 35.9 Å². The first-order chi connectivity index (χ1) is 9.02. The van der Waals surface area contributed by atoms with Crippen LogP contribution in [0.25, 0.3) is 0 Å². The number of rotatable bonds is 6. The van der Waals surface area contributed by atoms with Gasteiger partial charge in [0, 0.05) is 17.3 Å². The molecular weight excluding hydrogens is 242 g/mol. The molecule has 0 aliphatic heterocycles. The van der Waals surface area contributed by atoms with Gasteiger partial charge in [0.05, 0.1) is 0 Å². The normalized spacial score (nSPS) is 11.2. The summed E-state index contributed by atoms with van der Waals surface area (Å²) in [6.45, 7) is 3.62. The van der Waals surface area contributed by atoms with E-state index in [-0.39, 0.29) is 5.57 Å². The molecule has 4 nitrogen and oxygen atoms in total. The number of carbonyl (C=O) groups is 2. The summed E-state index contributed by atoms with van der Waals surface area (Å²) < 4.78 is 0. The van der Waals surface area contributed by atoms with Gasteiger partial charge in [-0.1, -0.05) is 25.5 Å². The highest BCUT2D eigenvalue weighted by Gasteiger charge is 2.06. The summed E-state index contributed by atoms with van der Waals surface area (Å²) in [5.41, 5.74) is 2.07. The number of aryl methyl sites for hydroxylation is 1. The van der Waals surface area contributed by atoms with Crippen molar-refractivity contribution in [3.63, 3.8) is 0 Å². The number of hydrogen-bond acceptors (Lipinski definition) is 2. The van der Waals surface area contributed by atoms with Crippen molar-refractivity contribution >= 4 is 17.6 Å². The zero-order chi connectivity index (χ0) is 14.3. The van der Waals surface area contributed by atoms with E-state index in [1.807, 2.05) is 24.3 Å². The smallest absolute Gasteiger partial charge is 0.328 e. The molecule has 102 valence electrons. The molecule has 0 aliphatic rings. The van der Waals surface area contributed by atoms with Crippen molar-refractivity contribution in [1.29, 1.82) is 0 Å². The second-order valence-corrected chi connectivity index (χ2v) is 4.42. The third-order valence-corrected chi connectivity index (χ3v) is 2.73. The fourth-order valence-corrected chi connectivity index (χ4v) is 1.62. The van der Waals surface area contributed by atoms with Crippen molar-refractivity contribution in [2.24, 2.45) is 0 Å². The summed E-state index contributed by atoms with van der Waals surface area (Å²) in [4.78, 5) is 22.1. The van der Waals surface area contributed by atoms with E-state index < -0.39 is 11.9 Å². The van der Waals surface area contributed by atoms with Gasteiger partial charge < -0.3 is 10.4 Å². The quantitative estimate of drug-likeness (QED) is 0.773. The lowest BCUT2D eigenvalue weighted by Gasteiger charge is -2.06. The van der Waals surface area contributed by atoms with Gasteiger partial charge in [-0.2, -0.15) is 0 Å². The lowest BCUT2D eigenvalue weighted by atomic mass is 10.1. The molecule has 0 atom stereocenters. The summed E-state index contributed by atoms with van der Waals surface area (Å²) in [5, 5.41) is 11.2.